The molecule has 0 radical (unpaired) electrons. The van der Waals surface area contributed by atoms with E-state index in [4.69, 9.17) is 0 Å². The van der Waals surface area contributed by atoms with Gasteiger partial charge in [0.2, 0.25) is 5.91 Å². The monoisotopic (exact) mass is 366 g/mol. The highest BCUT2D eigenvalue weighted by molar-refractivity contribution is 5.83. The Labute approximate surface area is 163 Å². The number of hydrogen-bond acceptors (Lipinski definition) is 2. The van der Waals surface area contributed by atoms with Gasteiger partial charge in [0.25, 0.3) is 0 Å². The van der Waals surface area contributed by atoms with Crippen molar-refractivity contribution in [2.24, 2.45) is 23.2 Å². The second kappa shape index (κ2) is 7.24. The highest BCUT2D eigenvalue weighted by Crippen LogP contribution is 2.60. The third-order valence-corrected chi connectivity index (χ3v) is 7.91. The third kappa shape index (κ3) is 3.68. The number of nitrogens with one attached hydrogen (secondary N) is 1. The first kappa shape index (κ1) is 17.7. The van der Waals surface area contributed by atoms with Crippen molar-refractivity contribution in [1.82, 2.24) is 10.2 Å². The van der Waals surface area contributed by atoms with Gasteiger partial charge in [0.1, 0.15) is 0 Å². The maximum Gasteiger partial charge on any atom is 0.226 e. The molecule has 1 aliphatic heterocycles. The van der Waals surface area contributed by atoms with Gasteiger partial charge in [-0.2, -0.15) is 0 Å². The van der Waals surface area contributed by atoms with Crippen LogP contribution in [0.1, 0.15) is 56.9 Å². The average molecular weight is 367 g/mol. The Morgan fingerprint density at radius 1 is 1.04 bits per heavy atom. The van der Waals surface area contributed by atoms with Crippen LogP contribution in [-0.2, 0) is 11.2 Å². The minimum Gasteiger partial charge on any atom is -0.352 e. The van der Waals surface area contributed by atoms with Crippen LogP contribution in [0.25, 0.3) is 0 Å². The molecule has 5 fully saturated rings. The van der Waals surface area contributed by atoms with Crippen LogP contribution >= 0.6 is 0 Å². The number of aryl methyl sites for hydroxylation is 1. The van der Waals surface area contributed by atoms with E-state index in [-0.39, 0.29) is 5.41 Å². The van der Waals surface area contributed by atoms with Gasteiger partial charge in [0, 0.05) is 24.5 Å². The van der Waals surface area contributed by atoms with E-state index in [0.29, 0.717) is 11.9 Å². The van der Waals surface area contributed by atoms with Gasteiger partial charge in [0.05, 0.1) is 0 Å². The smallest absolute Gasteiger partial charge is 0.226 e. The van der Waals surface area contributed by atoms with E-state index >= 15 is 0 Å². The molecule has 0 aromatic heterocycles. The van der Waals surface area contributed by atoms with Crippen molar-refractivity contribution in [3.05, 3.63) is 35.9 Å². The van der Waals surface area contributed by atoms with Crippen molar-refractivity contribution in [2.45, 2.75) is 63.8 Å². The van der Waals surface area contributed by atoms with Crippen molar-refractivity contribution in [1.29, 1.82) is 0 Å². The van der Waals surface area contributed by atoms with E-state index in [0.717, 1.165) is 50.2 Å². The number of hydrogen-bond donors (Lipinski definition) is 1. The highest BCUT2D eigenvalue weighted by Gasteiger charge is 2.54. The second-order valence-corrected chi connectivity index (χ2v) is 10.0. The average Bonchev–Trinajstić information content (AvgIpc) is 3.09. The van der Waals surface area contributed by atoms with Gasteiger partial charge < -0.3 is 10.2 Å². The van der Waals surface area contributed by atoms with Crippen LogP contribution in [0.2, 0.25) is 0 Å². The molecule has 3 heteroatoms. The molecule has 1 heterocycles. The second-order valence-electron chi connectivity index (χ2n) is 10.0. The van der Waals surface area contributed by atoms with Crippen molar-refractivity contribution < 1.29 is 4.79 Å². The molecule has 4 saturated carbocycles. The number of nitrogens with zero attached hydrogens (tertiary/aromatic N) is 1. The van der Waals surface area contributed by atoms with Gasteiger partial charge >= 0.3 is 0 Å². The lowest BCUT2D eigenvalue weighted by Crippen LogP contribution is -2.55. The molecule has 4 aliphatic carbocycles. The maximum atomic E-state index is 13.2. The summed E-state index contributed by atoms with van der Waals surface area (Å²) in [5.74, 6) is 2.96. The van der Waals surface area contributed by atoms with Crippen molar-refractivity contribution in [3.8, 4) is 0 Å². The Hall–Kier alpha value is -1.35. The SMILES string of the molecule is O=C(NC1CCN(CCCc2ccccc2)C1)C12CC3CC(CC(C3)C1)C2. The van der Waals surface area contributed by atoms with Crippen LogP contribution < -0.4 is 5.32 Å². The van der Waals surface area contributed by atoms with Crippen LogP contribution in [0.4, 0.5) is 0 Å². The lowest BCUT2D eigenvalue weighted by atomic mass is 9.49. The Kier molecular flexibility index (Phi) is 4.75. The molecule has 1 unspecified atom stereocenters. The predicted molar refractivity (Wildman–Crippen MR) is 108 cm³/mol. The minimum atomic E-state index is 0.00940. The molecule has 3 nitrogen and oxygen atoms in total. The fourth-order valence-electron chi connectivity index (χ4n) is 7.03. The van der Waals surface area contributed by atoms with E-state index in [9.17, 15) is 4.79 Å². The molecule has 27 heavy (non-hydrogen) atoms. The van der Waals surface area contributed by atoms with Crippen LogP contribution in [-0.4, -0.2) is 36.5 Å². The third-order valence-electron chi connectivity index (χ3n) is 7.91. The normalized spacial score (nSPS) is 37.6. The van der Waals surface area contributed by atoms with Crippen molar-refractivity contribution >= 4 is 5.91 Å². The molecule has 1 N–H and O–H groups in total. The highest BCUT2D eigenvalue weighted by atomic mass is 16.2. The Balaban J connectivity index is 1.10. The van der Waals surface area contributed by atoms with E-state index in [1.54, 1.807) is 0 Å². The summed E-state index contributed by atoms with van der Waals surface area (Å²) in [5.41, 5.74) is 1.44. The summed E-state index contributed by atoms with van der Waals surface area (Å²) >= 11 is 0. The molecule has 6 rings (SSSR count). The molecular weight excluding hydrogens is 332 g/mol. The summed E-state index contributed by atoms with van der Waals surface area (Å²) in [7, 11) is 0. The molecule has 1 atom stereocenters. The Morgan fingerprint density at radius 2 is 1.70 bits per heavy atom. The molecule has 1 aromatic carbocycles. The lowest BCUT2D eigenvalue weighted by molar-refractivity contribution is -0.146. The molecular formula is C24H34N2O. The molecule has 1 aromatic rings. The molecule has 4 bridgehead atoms. The zero-order chi connectivity index (χ0) is 18.3. The van der Waals surface area contributed by atoms with Gasteiger partial charge in [-0.15, -0.1) is 0 Å². The van der Waals surface area contributed by atoms with E-state index < -0.39 is 0 Å². The van der Waals surface area contributed by atoms with Gasteiger partial charge in [-0.25, -0.2) is 0 Å². The van der Waals surface area contributed by atoms with E-state index in [2.05, 4.69) is 40.5 Å². The number of benzene rings is 1. The summed E-state index contributed by atoms with van der Waals surface area (Å²) in [4.78, 5) is 15.8. The molecule has 146 valence electrons. The van der Waals surface area contributed by atoms with Gasteiger partial charge in [-0.1, -0.05) is 30.3 Å². The number of carbonyl (C=O) groups is 1. The van der Waals surface area contributed by atoms with Crippen molar-refractivity contribution in [3.63, 3.8) is 0 Å². The van der Waals surface area contributed by atoms with Gasteiger partial charge in [-0.3, -0.25) is 4.79 Å². The number of likely N-dealkylation sites (tertiary alicyclic amines) is 1. The lowest BCUT2D eigenvalue weighted by Gasteiger charge is -2.55. The van der Waals surface area contributed by atoms with Crippen LogP contribution in [0.15, 0.2) is 30.3 Å². The maximum absolute atomic E-state index is 13.2. The first-order valence-electron chi connectivity index (χ1n) is 11.3. The largest absolute Gasteiger partial charge is 0.352 e. The molecule has 0 spiro atoms. The molecule has 5 aliphatic rings. The first-order chi connectivity index (χ1) is 13.2. The van der Waals surface area contributed by atoms with Crippen LogP contribution in [0.5, 0.6) is 0 Å². The van der Waals surface area contributed by atoms with Gasteiger partial charge in [-0.05, 0) is 87.6 Å². The van der Waals surface area contributed by atoms with Crippen LogP contribution in [0.3, 0.4) is 0 Å². The van der Waals surface area contributed by atoms with Crippen molar-refractivity contribution in [2.75, 3.05) is 19.6 Å². The standard InChI is InChI=1S/C24H34N2O/c27-23(24-14-19-11-20(15-24)13-21(12-19)16-24)25-22-8-10-26(17-22)9-4-7-18-5-2-1-3-6-18/h1-3,5-6,19-22H,4,7-17H2,(H,25,27). The zero-order valence-corrected chi connectivity index (χ0v) is 16.5. The number of carbonyl (C=O) groups excluding carboxylic acids is 1. The topological polar surface area (TPSA) is 32.3 Å². The Morgan fingerprint density at radius 3 is 2.37 bits per heavy atom. The Bertz CT molecular complexity index is 635. The first-order valence-corrected chi connectivity index (χ1v) is 11.3. The minimum absolute atomic E-state index is 0.00940. The number of amides is 1. The number of rotatable bonds is 6. The predicted octanol–water partition coefficient (Wildman–Crippen LogP) is 4.03. The van der Waals surface area contributed by atoms with Gasteiger partial charge in [0.15, 0.2) is 0 Å². The van der Waals surface area contributed by atoms with E-state index in [1.165, 1.54) is 50.5 Å². The summed E-state index contributed by atoms with van der Waals surface area (Å²) < 4.78 is 0. The van der Waals surface area contributed by atoms with E-state index in [1.807, 2.05) is 0 Å². The zero-order valence-electron chi connectivity index (χ0n) is 16.5. The fourth-order valence-corrected chi connectivity index (χ4v) is 7.03. The summed E-state index contributed by atoms with van der Waals surface area (Å²) in [6.45, 7) is 3.34. The van der Waals surface area contributed by atoms with Crippen LogP contribution in [0, 0.1) is 23.2 Å². The quantitative estimate of drug-likeness (QED) is 0.824. The summed E-state index contributed by atoms with van der Waals surface area (Å²) in [5, 5.41) is 3.49. The summed E-state index contributed by atoms with van der Waals surface area (Å²) in [6.07, 6.45) is 11.3. The molecule has 1 saturated heterocycles. The summed E-state index contributed by atoms with van der Waals surface area (Å²) in [6, 6.07) is 11.2. The fraction of sp³-hybridized carbons (Fsp3) is 0.708. The molecule has 1 amide bonds.